The summed E-state index contributed by atoms with van der Waals surface area (Å²) >= 11 is 0. The van der Waals surface area contributed by atoms with Gasteiger partial charge in [-0.15, -0.1) is 10.2 Å². The highest BCUT2D eigenvalue weighted by Gasteiger charge is 2.26. The first-order chi connectivity index (χ1) is 16.1. The summed E-state index contributed by atoms with van der Waals surface area (Å²) in [6.07, 6.45) is 8.57. The molecule has 9 nitrogen and oxygen atoms in total. The van der Waals surface area contributed by atoms with Crippen LogP contribution in [0, 0.1) is 12.8 Å². The van der Waals surface area contributed by atoms with Gasteiger partial charge in [0, 0.05) is 25.4 Å². The largest absolute Gasteiger partial charge is 0.480 e. The predicted molar refractivity (Wildman–Crippen MR) is 125 cm³/mol. The minimum absolute atomic E-state index is 0.0891. The van der Waals surface area contributed by atoms with Crippen molar-refractivity contribution in [2.75, 3.05) is 32.7 Å². The van der Waals surface area contributed by atoms with Gasteiger partial charge in [-0.2, -0.15) is 5.10 Å². The maximum atomic E-state index is 11.1. The Morgan fingerprint density at radius 2 is 2.00 bits per heavy atom. The molecule has 3 aromatic rings. The normalized spacial score (nSPS) is 19.1. The first kappa shape index (κ1) is 21.8. The minimum atomic E-state index is -0.780. The second-order valence-electron chi connectivity index (χ2n) is 9.04. The van der Waals surface area contributed by atoms with Crippen LogP contribution in [0.1, 0.15) is 43.2 Å². The van der Waals surface area contributed by atoms with Crippen LogP contribution in [0.3, 0.4) is 0 Å². The van der Waals surface area contributed by atoms with Crippen molar-refractivity contribution < 1.29 is 14.3 Å². The topological polar surface area (TPSA) is 109 Å². The molecule has 2 aromatic heterocycles. The van der Waals surface area contributed by atoms with E-state index in [0.29, 0.717) is 23.4 Å². The molecule has 2 aliphatic heterocycles. The molecule has 0 atom stereocenters. The van der Waals surface area contributed by atoms with Crippen molar-refractivity contribution in [1.29, 1.82) is 0 Å². The van der Waals surface area contributed by atoms with Gasteiger partial charge in [0.15, 0.2) is 5.69 Å². The number of fused-ring (bicyclic) bond motifs is 1. The van der Waals surface area contributed by atoms with Crippen LogP contribution < -0.4 is 5.32 Å². The van der Waals surface area contributed by atoms with Gasteiger partial charge in [-0.3, -0.25) is 14.4 Å². The van der Waals surface area contributed by atoms with Gasteiger partial charge in [0.05, 0.1) is 18.1 Å². The first-order valence-corrected chi connectivity index (χ1v) is 11.7. The lowest BCUT2D eigenvalue weighted by Crippen LogP contribution is -2.38. The molecular formula is C24H30N6O3. The van der Waals surface area contributed by atoms with Crippen LogP contribution in [0.15, 0.2) is 28.7 Å². The number of nitrogens with zero attached hydrogens (tertiary/aromatic N) is 5. The fourth-order valence-corrected chi connectivity index (χ4v) is 4.89. The summed E-state index contributed by atoms with van der Waals surface area (Å²) in [5.41, 5.74) is 2.88. The standard InChI is InChI=1S/C24H30N6O3/c1-16-26-27-24(33-16)23-20-14-18(3-2-17-6-10-25-11-7-17)4-5-21(20)30(28-23)19-8-12-29(13-9-19)15-22(31)32/h2-5,14,17,19,25H,6-13,15H2,1H3,(H,31,32)/b3-2+. The zero-order valence-corrected chi connectivity index (χ0v) is 18.9. The second-order valence-corrected chi connectivity index (χ2v) is 9.04. The van der Waals surface area contributed by atoms with Gasteiger partial charge >= 0.3 is 5.97 Å². The van der Waals surface area contributed by atoms with E-state index in [1.807, 2.05) is 4.90 Å². The highest BCUT2D eigenvalue weighted by molar-refractivity contribution is 5.93. The Kier molecular flexibility index (Phi) is 6.24. The van der Waals surface area contributed by atoms with Gasteiger partial charge in [-0.05, 0) is 62.4 Å². The number of carboxylic acid groups (broad SMARTS) is 1. The van der Waals surface area contributed by atoms with Crippen LogP contribution in [-0.2, 0) is 4.79 Å². The Bertz CT molecular complexity index is 1150. The number of nitrogens with one attached hydrogen (secondary N) is 1. The van der Waals surface area contributed by atoms with E-state index in [0.717, 1.165) is 55.5 Å². The van der Waals surface area contributed by atoms with Crippen molar-refractivity contribution in [2.45, 2.75) is 38.6 Å². The average Bonchev–Trinajstić information content (AvgIpc) is 3.42. The Labute approximate surface area is 192 Å². The maximum absolute atomic E-state index is 11.1. The fourth-order valence-electron chi connectivity index (χ4n) is 4.89. The third kappa shape index (κ3) is 4.84. The lowest BCUT2D eigenvalue weighted by Gasteiger charge is -2.31. The molecule has 1 aromatic carbocycles. The Balaban J connectivity index is 1.46. The molecule has 33 heavy (non-hydrogen) atoms. The number of piperidine rings is 2. The number of carbonyl (C=O) groups is 1. The highest BCUT2D eigenvalue weighted by Crippen LogP contribution is 2.33. The number of aromatic nitrogens is 4. The van der Waals surface area contributed by atoms with Gasteiger partial charge in [0.25, 0.3) is 5.89 Å². The zero-order valence-electron chi connectivity index (χ0n) is 18.9. The molecule has 2 saturated heterocycles. The SMILES string of the molecule is Cc1nnc(-c2nn(C3CCN(CC(=O)O)CC3)c3ccc(/C=C/C4CCNCC4)cc23)o1. The molecule has 0 aliphatic carbocycles. The summed E-state index contributed by atoms with van der Waals surface area (Å²) < 4.78 is 7.81. The van der Waals surface area contributed by atoms with Crippen LogP contribution in [0.4, 0.5) is 0 Å². The number of likely N-dealkylation sites (tertiary alicyclic amines) is 1. The van der Waals surface area contributed by atoms with Crippen molar-refractivity contribution >= 4 is 22.9 Å². The van der Waals surface area contributed by atoms with Gasteiger partial charge in [0.1, 0.15) is 0 Å². The molecule has 0 saturated carbocycles. The van der Waals surface area contributed by atoms with Crippen LogP contribution in [0.5, 0.6) is 0 Å². The second kappa shape index (κ2) is 9.44. The Hall–Kier alpha value is -3.04. The number of carboxylic acids is 1. The van der Waals surface area contributed by atoms with Crippen LogP contribution in [0.25, 0.3) is 28.6 Å². The molecule has 174 valence electrons. The van der Waals surface area contributed by atoms with Gasteiger partial charge in [-0.25, -0.2) is 0 Å². The minimum Gasteiger partial charge on any atom is -0.480 e. The number of aliphatic carboxylic acids is 1. The van der Waals surface area contributed by atoms with Crippen molar-refractivity contribution in [3.63, 3.8) is 0 Å². The molecular weight excluding hydrogens is 420 g/mol. The van der Waals surface area contributed by atoms with Gasteiger partial charge in [0.2, 0.25) is 5.89 Å². The van der Waals surface area contributed by atoms with Crippen LogP contribution in [0.2, 0.25) is 0 Å². The Morgan fingerprint density at radius 1 is 1.21 bits per heavy atom. The third-order valence-corrected chi connectivity index (χ3v) is 6.67. The van der Waals surface area contributed by atoms with E-state index >= 15 is 0 Å². The maximum Gasteiger partial charge on any atom is 0.317 e. The molecule has 2 aliphatic rings. The number of benzene rings is 1. The van der Waals surface area contributed by atoms with E-state index in [-0.39, 0.29) is 12.6 Å². The van der Waals surface area contributed by atoms with E-state index in [2.05, 4.69) is 50.5 Å². The Morgan fingerprint density at radius 3 is 2.70 bits per heavy atom. The summed E-state index contributed by atoms with van der Waals surface area (Å²) in [6.45, 7) is 5.50. The number of rotatable bonds is 6. The van der Waals surface area contributed by atoms with Gasteiger partial charge in [-0.1, -0.05) is 18.2 Å². The molecule has 0 amide bonds. The molecule has 2 fully saturated rings. The summed E-state index contributed by atoms with van der Waals surface area (Å²) in [6, 6.07) is 6.62. The molecule has 0 spiro atoms. The molecule has 2 N–H and O–H groups in total. The monoisotopic (exact) mass is 450 g/mol. The van der Waals surface area contributed by atoms with Gasteiger partial charge < -0.3 is 14.8 Å². The fraction of sp³-hybridized carbons (Fsp3) is 0.500. The van der Waals surface area contributed by atoms with E-state index in [4.69, 9.17) is 14.6 Å². The quantitative estimate of drug-likeness (QED) is 0.590. The number of allylic oxidation sites excluding steroid dienone is 1. The zero-order chi connectivity index (χ0) is 22.8. The number of aryl methyl sites for hydroxylation is 1. The lowest BCUT2D eigenvalue weighted by molar-refractivity contribution is -0.138. The summed E-state index contributed by atoms with van der Waals surface area (Å²) in [4.78, 5) is 13.0. The number of hydrogen-bond donors (Lipinski definition) is 2. The third-order valence-electron chi connectivity index (χ3n) is 6.67. The summed E-state index contributed by atoms with van der Waals surface area (Å²) in [5.74, 6) is 0.770. The summed E-state index contributed by atoms with van der Waals surface area (Å²) in [7, 11) is 0. The molecule has 4 heterocycles. The number of hydrogen-bond acceptors (Lipinski definition) is 7. The smallest absolute Gasteiger partial charge is 0.317 e. The van der Waals surface area contributed by atoms with Crippen molar-refractivity contribution in [2.24, 2.45) is 5.92 Å². The highest BCUT2D eigenvalue weighted by atomic mass is 16.4. The van der Waals surface area contributed by atoms with E-state index in [9.17, 15) is 4.79 Å². The summed E-state index contributed by atoms with van der Waals surface area (Å²) in [5, 5.41) is 26.6. The predicted octanol–water partition coefficient (Wildman–Crippen LogP) is 3.13. The van der Waals surface area contributed by atoms with Crippen LogP contribution >= 0.6 is 0 Å². The van der Waals surface area contributed by atoms with Crippen molar-refractivity contribution in [1.82, 2.24) is 30.2 Å². The van der Waals surface area contributed by atoms with Crippen molar-refractivity contribution in [3.8, 4) is 11.6 Å². The van der Waals surface area contributed by atoms with E-state index in [1.54, 1.807) is 6.92 Å². The average molecular weight is 451 g/mol. The molecule has 0 bridgehead atoms. The molecule has 0 radical (unpaired) electrons. The molecule has 5 rings (SSSR count). The lowest BCUT2D eigenvalue weighted by atomic mass is 9.96. The van der Waals surface area contributed by atoms with E-state index in [1.165, 1.54) is 12.8 Å². The molecule has 0 unspecified atom stereocenters. The van der Waals surface area contributed by atoms with Crippen LogP contribution in [-0.4, -0.2) is 68.7 Å². The van der Waals surface area contributed by atoms with Crippen molar-refractivity contribution in [3.05, 3.63) is 35.7 Å². The first-order valence-electron chi connectivity index (χ1n) is 11.7. The molecule has 9 heteroatoms. The van der Waals surface area contributed by atoms with E-state index < -0.39 is 5.97 Å².